The Morgan fingerprint density at radius 2 is 1.83 bits per heavy atom. The zero-order valence-electron chi connectivity index (χ0n) is 9.51. The summed E-state index contributed by atoms with van der Waals surface area (Å²) in [7, 11) is 0. The molecule has 4 heteroatoms. The van der Waals surface area contributed by atoms with Gasteiger partial charge in [-0.1, -0.05) is 48.0 Å². The van der Waals surface area contributed by atoms with Crippen LogP contribution in [-0.4, -0.2) is 11.1 Å². The third-order valence-electron chi connectivity index (χ3n) is 2.52. The Labute approximate surface area is 110 Å². The average molecular weight is 262 g/mol. The zero-order valence-corrected chi connectivity index (χ0v) is 10.3. The maximum absolute atomic E-state index is 11.3. The first kappa shape index (κ1) is 12.5. The standard InChI is InChI=1S/C14H12ClNO2/c15-11-7-4-8-12(9-11)16-13(14(17)18)10-5-2-1-3-6-10/h1-9,13,16H,(H,17,18). The molecule has 2 aromatic carbocycles. The van der Waals surface area contributed by atoms with Crippen molar-refractivity contribution in [3.8, 4) is 0 Å². The molecule has 2 N–H and O–H groups in total. The molecule has 0 aromatic heterocycles. The molecule has 2 aromatic rings. The van der Waals surface area contributed by atoms with Crippen LogP contribution in [0, 0.1) is 0 Å². The van der Waals surface area contributed by atoms with Gasteiger partial charge in [0, 0.05) is 10.7 Å². The van der Waals surface area contributed by atoms with Crippen LogP contribution in [0.2, 0.25) is 5.02 Å². The molecule has 18 heavy (non-hydrogen) atoms. The quantitative estimate of drug-likeness (QED) is 0.884. The smallest absolute Gasteiger partial charge is 0.330 e. The highest BCUT2D eigenvalue weighted by Gasteiger charge is 2.19. The van der Waals surface area contributed by atoms with Crippen molar-refractivity contribution in [3.05, 3.63) is 65.2 Å². The van der Waals surface area contributed by atoms with Crippen molar-refractivity contribution in [2.75, 3.05) is 5.32 Å². The Hall–Kier alpha value is -2.00. The number of benzene rings is 2. The summed E-state index contributed by atoms with van der Waals surface area (Å²) in [5.74, 6) is -0.929. The van der Waals surface area contributed by atoms with E-state index in [1.807, 2.05) is 18.2 Å². The van der Waals surface area contributed by atoms with Gasteiger partial charge in [-0.05, 0) is 23.8 Å². The van der Waals surface area contributed by atoms with E-state index in [2.05, 4.69) is 5.32 Å². The van der Waals surface area contributed by atoms with Crippen molar-refractivity contribution in [1.82, 2.24) is 0 Å². The van der Waals surface area contributed by atoms with Crippen LogP contribution in [0.4, 0.5) is 5.69 Å². The lowest BCUT2D eigenvalue weighted by molar-refractivity contribution is -0.138. The van der Waals surface area contributed by atoms with Crippen molar-refractivity contribution in [2.24, 2.45) is 0 Å². The number of aliphatic carboxylic acids is 1. The molecule has 3 nitrogen and oxygen atoms in total. The second kappa shape index (κ2) is 5.56. The van der Waals surface area contributed by atoms with Crippen molar-refractivity contribution < 1.29 is 9.90 Å². The van der Waals surface area contributed by atoms with Gasteiger partial charge in [0.2, 0.25) is 0 Å². The molecule has 0 aliphatic rings. The minimum Gasteiger partial charge on any atom is -0.479 e. The van der Waals surface area contributed by atoms with Crippen LogP contribution in [0.15, 0.2) is 54.6 Å². The molecule has 0 aliphatic carbocycles. The number of rotatable bonds is 4. The van der Waals surface area contributed by atoms with Gasteiger partial charge in [0.1, 0.15) is 0 Å². The molecule has 0 bridgehead atoms. The third-order valence-corrected chi connectivity index (χ3v) is 2.75. The van der Waals surface area contributed by atoms with E-state index in [1.54, 1.807) is 36.4 Å². The summed E-state index contributed by atoms with van der Waals surface area (Å²) >= 11 is 5.87. The van der Waals surface area contributed by atoms with E-state index in [1.165, 1.54) is 0 Å². The Morgan fingerprint density at radius 3 is 2.44 bits per heavy atom. The Kier molecular flexibility index (Phi) is 3.85. The highest BCUT2D eigenvalue weighted by Crippen LogP contribution is 2.22. The fourth-order valence-corrected chi connectivity index (χ4v) is 1.87. The molecule has 2 rings (SSSR count). The van der Waals surface area contributed by atoms with E-state index in [4.69, 9.17) is 11.6 Å². The zero-order chi connectivity index (χ0) is 13.0. The van der Waals surface area contributed by atoms with E-state index in [-0.39, 0.29) is 0 Å². The number of carboxylic acids is 1. The number of carboxylic acid groups (broad SMARTS) is 1. The van der Waals surface area contributed by atoms with Gasteiger partial charge in [-0.3, -0.25) is 0 Å². The van der Waals surface area contributed by atoms with E-state index >= 15 is 0 Å². The van der Waals surface area contributed by atoms with E-state index in [0.29, 0.717) is 16.3 Å². The van der Waals surface area contributed by atoms with Crippen LogP contribution in [0.3, 0.4) is 0 Å². The summed E-state index contributed by atoms with van der Waals surface area (Å²) in [5, 5.41) is 12.8. The normalized spacial score (nSPS) is 11.8. The summed E-state index contributed by atoms with van der Waals surface area (Å²) in [6.45, 7) is 0. The lowest BCUT2D eigenvalue weighted by atomic mass is 10.1. The Bertz CT molecular complexity index is 543. The van der Waals surface area contributed by atoms with Crippen LogP contribution in [0.25, 0.3) is 0 Å². The largest absolute Gasteiger partial charge is 0.479 e. The van der Waals surface area contributed by atoms with Gasteiger partial charge in [0.15, 0.2) is 6.04 Å². The summed E-state index contributed by atoms with van der Waals surface area (Å²) in [5.41, 5.74) is 1.38. The van der Waals surface area contributed by atoms with Gasteiger partial charge >= 0.3 is 5.97 Å². The monoisotopic (exact) mass is 261 g/mol. The summed E-state index contributed by atoms with van der Waals surface area (Å²) in [4.78, 5) is 11.3. The molecule has 0 amide bonds. The number of hydrogen-bond acceptors (Lipinski definition) is 2. The van der Waals surface area contributed by atoms with Crippen LogP contribution >= 0.6 is 11.6 Å². The SMILES string of the molecule is O=C(O)C(Nc1cccc(Cl)c1)c1ccccc1. The first-order chi connectivity index (χ1) is 8.66. The molecule has 0 saturated carbocycles. The molecule has 92 valence electrons. The lowest BCUT2D eigenvalue weighted by Crippen LogP contribution is -2.20. The van der Waals surface area contributed by atoms with E-state index in [9.17, 15) is 9.90 Å². The van der Waals surface area contributed by atoms with Gasteiger partial charge in [-0.25, -0.2) is 4.79 Å². The molecule has 0 spiro atoms. The van der Waals surface area contributed by atoms with E-state index in [0.717, 1.165) is 0 Å². The summed E-state index contributed by atoms with van der Waals surface area (Å²) in [6.07, 6.45) is 0. The topological polar surface area (TPSA) is 49.3 Å². The Balaban J connectivity index is 2.25. The fraction of sp³-hybridized carbons (Fsp3) is 0.0714. The van der Waals surface area contributed by atoms with Gasteiger partial charge in [-0.15, -0.1) is 0 Å². The first-order valence-corrected chi connectivity index (χ1v) is 5.84. The van der Waals surface area contributed by atoms with Crippen molar-refractivity contribution in [3.63, 3.8) is 0 Å². The maximum atomic E-state index is 11.3. The number of nitrogens with one attached hydrogen (secondary N) is 1. The van der Waals surface area contributed by atoms with Gasteiger partial charge < -0.3 is 10.4 Å². The second-order valence-electron chi connectivity index (χ2n) is 3.84. The number of halogens is 1. The van der Waals surface area contributed by atoms with Crippen LogP contribution < -0.4 is 5.32 Å². The van der Waals surface area contributed by atoms with Gasteiger partial charge in [0.05, 0.1) is 0 Å². The number of hydrogen-bond donors (Lipinski definition) is 2. The van der Waals surface area contributed by atoms with Crippen molar-refractivity contribution in [2.45, 2.75) is 6.04 Å². The van der Waals surface area contributed by atoms with Gasteiger partial charge in [0.25, 0.3) is 0 Å². The molecule has 0 heterocycles. The minimum absolute atomic E-state index is 0.567. The second-order valence-corrected chi connectivity index (χ2v) is 4.27. The molecule has 0 saturated heterocycles. The highest BCUT2D eigenvalue weighted by atomic mass is 35.5. The number of carbonyl (C=O) groups is 1. The van der Waals surface area contributed by atoms with Crippen LogP contribution in [0.1, 0.15) is 11.6 Å². The van der Waals surface area contributed by atoms with Crippen molar-refractivity contribution >= 4 is 23.3 Å². The molecule has 0 radical (unpaired) electrons. The molecular formula is C14H12ClNO2. The Morgan fingerprint density at radius 1 is 1.11 bits per heavy atom. The average Bonchev–Trinajstić information content (AvgIpc) is 2.37. The predicted octanol–water partition coefficient (Wildman–Crippen LogP) is 3.58. The predicted molar refractivity (Wildman–Crippen MR) is 71.9 cm³/mol. The molecule has 1 unspecified atom stereocenters. The van der Waals surface area contributed by atoms with Crippen LogP contribution in [0.5, 0.6) is 0 Å². The first-order valence-electron chi connectivity index (χ1n) is 5.46. The van der Waals surface area contributed by atoms with Crippen molar-refractivity contribution in [1.29, 1.82) is 0 Å². The van der Waals surface area contributed by atoms with E-state index < -0.39 is 12.0 Å². The molecular weight excluding hydrogens is 250 g/mol. The summed E-state index contributed by atoms with van der Waals surface area (Å²) < 4.78 is 0. The fourth-order valence-electron chi connectivity index (χ4n) is 1.68. The lowest BCUT2D eigenvalue weighted by Gasteiger charge is -2.16. The maximum Gasteiger partial charge on any atom is 0.330 e. The highest BCUT2D eigenvalue weighted by molar-refractivity contribution is 6.30. The molecule has 0 fully saturated rings. The van der Waals surface area contributed by atoms with Gasteiger partial charge in [-0.2, -0.15) is 0 Å². The minimum atomic E-state index is -0.929. The van der Waals surface area contributed by atoms with Crippen LogP contribution in [-0.2, 0) is 4.79 Å². The summed E-state index contributed by atoms with van der Waals surface area (Å²) in [6, 6.07) is 15.2. The number of anilines is 1. The molecule has 0 aliphatic heterocycles. The third kappa shape index (κ3) is 3.02. The molecule has 1 atom stereocenters.